The van der Waals surface area contributed by atoms with Gasteiger partial charge in [-0.3, -0.25) is 4.79 Å². The number of anilines is 2. The number of amides is 1. The first-order valence-electron chi connectivity index (χ1n) is 6.72. The van der Waals surface area contributed by atoms with Gasteiger partial charge in [0.25, 0.3) is 5.91 Å². The van der Waals surface area contributed by atoms with E-state index in [1.807, 2.05) is 0 Å². The topological polar surface area (TPSA) is 87.3 Å². The maximum atomic E-state index is 13.2. The Labute approximate surface area is 145 Å². The van der Waals surface area contributed by atoms with Crippen molar-refractivity contribution in [2.45, 2.75) is 4.90 Å². The summed E-state index contributed by atoms with van der Waals surface area (Å²) in [5, 5.41) is 4.81. The van der Waals surface area contributed by atoms with Gasteiger partial charge in [-0.15, -0.1) is 0 Å². The zero-order valence-electron chi connectivity index (χ0n) is 12.2. The van der Waals surface area contributed by atoms with Crippen LogP contribution in [0.3, 0.4) is 0 Å². The van der Waals surface area contributed by atoms with Gasteiger partial charge in [-0.1, -0.05) is 11.6 Å². The number of sulfonamides is 1. The Balaban J connectivity index is 1.98. The normalized spacial score (nSPS) is 15.2. The van der Waals surface area contributed by atoms with Crippen molar-refractivity contribution in [3.63, 3.8) is 0 Å². The van der Waals surface area contributed by atoms with Crippen LogP contribution in [-0.2, 0) is 10.0 Å². The lowest BCUT2D eigenvalue weighted by Crippen LogP contribution is -2.34. The van der Waals surface area contributed by atoms with Crippen LogP contribution < -0.4 is 15.4 Å². The first-order chi connectivity index (χ1) is 11.7. The molecule has 1 heterocycles. The summed E-state index contributed by atoms with van der Waals surface area (Å²) < 4.78 is 65.5. The Morgan fingerprint density at radius 3 is 2.40 bits per heavy atom. The number of carbonyl (C=O) groups excluding carboxylic acids is 1. The number of hydrogen-bond donors (Lipinski definition) is 3. The molecule has 0 saturated carbocycles. The van der Waals surface area contributed by atoms with E-state index in [0.717, 1.165) is 6.07 Å². The van der Waals surface area contributed by atoms with Crippen LogP contribution in [0, 0.1) is 17.5 Å². The largest absolute Gasteiger partial charge is 0.370 e. The van der Waals surface area contributed by atoms with Crippen molar-refractivity contribution < 1.29 is 26.4 Å². The van der Waals surface area contributed by atoms with Crippen LogP contribution in [0.2, 0.25) is 5.02 Å². The van der Waals surface area contributed by atoms with Crippen molar-refractivity contribution >= 4 is 38.9 Å². The third kappa shape index (κ3) is 3.28. The van der Waals surface area contributed by atoms with Crippen molar-refractivity contribution in [2.24, 2.45) is 0 Å². The maximum Gasteiger partial charge on any atom is 0.257 e. The molecule has 0 unspecified atom stereocenters. The molecule has 1 aliphatic heterocycles. The Bertz CT molecular complexity index is 975. The highest BCUT2D eigenvalue weighted by Gasteiger charge is 2.26. The van der Waals surface area contributed by atoms with E-state index in [1.165, 1.54) is 6.07 Å². The quantitative estimate of drug-likeness (QED) is 0.687. The number of fused-ring (bicyclic) bond motifs is 1. The third-order valence-corrected chi connectivity index (χ3v) is 5.14. The number of carbonyl (C=O) groups is 1. The van der Waals surface area contributed by atoms with Crippen molar-refractivity contribution in [2.75, 3.05) is 17.3 Å². The SMILES string of the molecule is O=C(Nc1cc(F)c(F)c(F)c1)c1cc2c(cc1Cl)NCNS2(=O)=O. The van der Waals surface area contributed by atoms with Crippen LogP contribution in [-0.4, -0.2) is 21.0 Å². The van der Waals surface area contributed by atoms with Gasteiger partial charge >= 0.3 is 0 Å². The fourth-order valence-corrected chi connectivity index (χ4v) is 3.58. The molecule has 1 amide bonds. The highest BCUT2D eigenvalue weighted by Crippen LogP contribution is 2.31. The van der Waals surface area contributed by atoms with Gasteiger partial charge in [-0.05, 0) is 12.1 Å². The maximum absolute atomic E-state index is 13.2. The van der Waals surface area contributed by atoms with Crippen molar-refractivity contribution in [1.29, 1.82) is 0 Å². The second-order valence-corrected chi connectivity index (χ2v) is 7.18. The van der Waals surface area contributed by atoms with Crippen LogP contribution in [0.5, 0.6) is 0 Å². The lowest BCUT2D eigenvalue weighted by atomic mass is 10.1. The number of rotatable bonds is 2. The molecule has 0 radical (unpaired) electrons. The van der Waals surface area contributed by atoms with E-state index in [2.05, 4.69) is 15.4 Å². The summed E-state index contributed by atoms with van der Waals surface area (Å²) in [6.07, 6.45) is 0. The first kappa shape index (κ1) is 17.5. The van der Waals surface area contributed by atoms with Crippen LogP contribution in [0.4, 0.5) is 24.5 Å². The molecule has 2 aromatic carbocycles. The molecule has 0 atom stereocenters. The van der Waals surface area contributed by atoms with E-state index in [0.29, 0.717) is 12.1 Å². The lowest BCUT2D eigenvalue weighted by molar-refractivity contribution is 0.102. The monoisotopic (exact) mass is 391 g/mol. The van der Waals surface area contributed by atoms with Gasteiger partial charge in [0.05, 0.1) is 22.9 Å². The highest BCUT2D eigenvalue weighted by atomic mass is 35.5. The predicted octanol–water partition coefficient (Wildman–Crippen LogP) is 2.67. The van der Waals surface area contributed by atoms with Gasteiger partial charge in [0, 0.05) is 17.8 Å². The van der Waals surface area contributed by atoms with Gasteiger partial charge in [0.1, 0.15) is 4.90 Å². The summed E-state index contributed by atoms with van der Waals surface area (Å²) in [5.41, 5.74) is -0.381. The van der Waals surface area contributed by atoms with Gasteiger partial charge in [0.2, 0.25) is 10.0 Å². The molecule has 2 aromatic rings. The lowest BCUT2D eigenvalue weighted by Gasteiger charge is -2.20. The van der Waals surface area contributed by atoms with Crippen LogP contribution >= 0.6 is 11.6 Å². The molecular weight excluding hydrogens is 383 g/mol. The molecule has 3 N–H and O–H groups in total. The average molecular weight is 392 g/mol. The summed E-state index contributed by atoms with van der Waals surface area (Å²) in [6, 6.07) is 3.44. The van der Waals surface area contributed by atoms with Crippen LogP contribution in [0.15, 0.2) is 29.2 Å². The first-order valence-corrected chi connectivity index (χ1v) is 8.58. The summed E-state index contributed by atoms with van der Waals surface area (Å²) in [4.78, 5) is 12.1. The van der Waals surface area contributed by atoms with Crippen molar-refractivity contribution in [1.82, 2.24) is 4.72 Å². The van der Waals surface area contributed by atoms with Gasteiger partial charge in [-0.25, -0.2) is 21.6 Å². The number of benzene rings is 2. The zero-order chi connectivity index (χ0) is 18.4. The molecule has 1 aliphatic rings. The standard InChI is InChI=1S/C14H9ClF3N3O3S/c15-8-4-11-12(25(23,24)20-5-19-11)3-7(8)14(22)21-6-1-9(16)13(18)10(17)2-6/h1-4,19-20H,5H2,(H,21,22). The predicted molar refractivity (Wildman–Crippen MR) is 84.5 cm³/mol. The van der Waals surface area contributed by atoms with Crippen molar-refractivity contribution in [3.05, 3.63) is 52.3 Å². The number of nitrogens with one attached hydrogen (secondary N) is 3. The Morgan fingerprint density at radius 2 is 1.76 bits per heavy atom. The average Bonchev–Trinajstić information content (AvgIpc) is 2.51. The second kappa shape index (κ2) is 6.21. The number of halogens is 4. The molecule has 0 saturated heterocycles. The zero-order valence-corrected chi connectivity index (χ0v) is 13.7. The summed E-state index contributed by atoms with van der Waals surface area (Å²) in [5.74, 6) is -5.56. The molecule has 0 aliphatic carbocycles. The van der Waals surface area contributed by atoms with Gasteiger partial charge < -0.3 is 10.6 Å². The van der Waals surface area contributed by atoms with Gasteiger partial charge in [-0.2, -0.15) is 4.72 Å². The Morgan fingerprint density at radius 1 is 1.12 bits per heavy atom. The molecule has 0 aromatic heterocycles. The van der Waals surface area contributed by atoms with E-state index >= 15 is 0 Å². The molecule has 3 rings (SSSR count). The van der Waals surface area contributed by atoms with E-state index in [1.54, 1.807) is 0 Å². The molecule has 6 nitrogen and oxygen atoms in total. The molecule has 0 spiro atoms. The minimum atomic E-state index is -3.83. The van der Waals surface area contributed by atoms with Gasteiger partial charge in [0.15, 0.2) is 17.5 Å². The van der Waals surface area contributed by atoms with Crippen LogP contribution in [0.25, 0.3) is 0 Å². The fraction of sp³-hybridized carbons (Fsp3) is 0.0714. The molecule has 11 heteroatoms. The number of hydrogen-bond acceptors (Lipinski definition) is 4. The van der Waals surface area contributed by atoms with E-state index < -0.39 is 33.4 Å². The fourth-order valence-electron chi connectivity index (χ4n) is 2.22. The molecule has 132 valence electrons. The smallest absolute Gasteiger partial charge is 0.257 e. The summed E-state index contributed by atoms with van der Waals surface area (Å²) >= 11 is 5.98. The summed E-state index contributed by atoms with van der Waals surface area (Å²) in [7, 11) is -3.83. The minimum absolute atomic E-state index is 0.0364. The highest BCUT2D eigenvalue weighted by molar-refractivity contribution is 7.89. The third-order valence-electron chi connectivity index (χ3n) is 3.39. The van der Waals surface area contributed by atoms with Crippen molar-refractivity contribution in [3.8, 4) is 0 Å². The molecule has 0 fully saturated rings. The van der Waals surface area contributed by atoms with E-state index in [-0.39, 0.29) is 33.5 Å². The molecular formula is C14H9ClF3N3O3S. The molecule has 25 heavy (non-hydrogen) atoms. The summed E-state index contributed by atoms with van der Waals surface area (Å²) in [6.45, 7) is -0.0364. The van der Waals surface area contributed by atoms with E-state index in [9.17, 15) is 26.4 Å². The Hall–Kier alpha value is -2.30. The van der Waals surface area contributed by atoms with E-state index in [4.69, 9.17) is 11.6 Å². The molecule has 0 bridgehead atoms. The Kier molecular flexibility index (Phi) is 4.35. The van der Waals surface area contributed by atoms with Crippen LogP contribution in [0.1, 0.15) is 10.4 Å². The second-order valence-electron chi connectivity index (χ2n) is 5.04. The minimum Gasteiger partial charge on any atom is -0.370 e.